The first-order valence-electron chi connectivity index (χ1n) is 16.4. The van der Waals surface area contributed by atoms with Gasteiger partial charge < -0.3 is 4.90 Å². The molecule has 0 N–H and O–H groups in total. The molecule has 3 heterocycles. The van der Waals surface area contributed by atoms with Crippen LogP contribution in [0.5, 0.6) is 0 Å². The monoisotopic (exact) mass is 611 g/mol. The van der Waals surface area contributed by atoms with Crippen LogP contribution in [0.15, 0.2) is 176 Å². The minimum absolute atomic E-state index is 1.01. The van der Waals surface area contributed by atoms with Gasteiger partial charge in [0, 0.05) is 49.6 Å². The van der Waals surface area contributed by atoms with Crippen LogP contribution in [0.1, 0.15) is 0 Å². The lowest BCUT2D eigenvalue weighted by Gasteiger charge is -2.25. The van der Waals surface area contributed by atoms with Gasteiger partial charge in [0.2, 0.25) is 0 Å². The zero-order valence-corrected chi connectivity index (χ0v) is 26.1. The number of nitrogens with zero attached hydrogens (tertiary/aromatic N) is 3. The summed E-state index contributed by atoms with van der Waals surface area (Å²) in [6.45, 7) is 0. The fourth-order valence-corrected chi connectivity index (χ4v) is 7.59. The van der Waals surface area contributed by atoms with Crippen molar-refractivity contribution in [3.63, 3.8) is 0 Å². The SMILES string of the molecule is c1ccc(N(c2ccccc2)c2ccc(-c3ccc(-c4c5ccccc5nc5c4c4cccc6c7ccccc7n5c64)cc3)cc2)cc1. The number of rotatable bonds is 5. The molecule has 3 nitrogen and oxygen atoms in total. The van der Waals surface area contributed by atoms with Gasteiger partial charge in [-0.2, -0.15) is 0 Å². The van der Waals surface area contributed by atoms with E-state index in [0.717, 1.165) is 28.2 Å². The van der Waals surface area contributed by atoms with Gasteiger partial charge in [0.15, 0.2) is 0 Å². The summed E-state index contributed by atoms with van der Waals surface area (Å²) in [6, 6.07) is 62.9. The van der Waals surface area contributed by atoms with E-state index in [4.69, 9.17) is 4.98 Å². The first kappa shape index (κ1) is 26.7. The van der Waals surface area contributed by atoms with E-state index in [1.165, 1.54) is 60.2 Å². The molecule has 0 aliphatic heterocycles. The van der Waals surface area contributed by atoms with Crippen LogP contribution in [0.2, 0.25) is 0 Å². The highest BCUT2D eigenvalue weighted by Crippen LogP contribution is 2.45. The molecule has 0 bridgehead atoms. The average Bonchev–Trinajstić information content (AvgIpc) is 3.68. The number of benzene rings is 7. The molecule has 0 aliphatic rings. The molecule has 224 valence electrons. The van der Waals surface area contributed by atoms with E-state index in [1.807, 2.05) is 0 Å². The van der Waals surface area contributed by atoms with Gasteiger partial charge in [0.1, 0.15) is 5.65 Å². The maximum atomic E-state index is 5.29. The van der Waals surface area contributed by atoms with Crippen molar-refractivity contribution < 1.29 is 0 Å². The fourth-order valence-electron chi connectivity index (χ4n) is 7.59. The van der Waals surface area contributed by atoms with Crippen LogP contribution in [0.25, 0.3) is 71.4 Å². The summed E-state index contributed by atoms with van der Waals surface area (Å²) in [5.41, 5.74) is 12.6. The lowest BCUT2D eigenvalue weighted by atomic mass is 9.94. The molecule has 0 saturated heterocycles. The topological polar surface area (TPSA) is 20.5 Å². The van der Waals surface area contributed by atoms with Crippen molar-refractivity contribution in [1.82, 2.24) is 9.38 Å². The third-order valence-corrected chi connectivity index (χ3v) is 9.71. The Morgan fingerprint density at radius 3 is 1.62 bits per heavy atom. The Morgan fingerprint density at radius 2 is 0.917 bits per heavy atom. The van der Waals surface area contributed by atoms with E-state index in [9.17, 15) is 0 Å². The summed E-state index contributed by atoms with van der Waals surface area (Å²) in [5, 5.41) is 6.16. The van der Waals surface area contributed by atoms with E-state index >= 15 is 0 Å². The molecule has 10 rings (SSSR count). The van der Waals surface area contributed by atoms with Gasteiger partial charge >= 0.3 is 0 Å². The number of pyridine rings is 1. The third kappa shape index (κ3) is 3.98. The Kier molecular flexibility index (Phi) is 5.87. The van der Waals surface area contributed by atoms with Crippen molar-refractivity contribution in [1.29, 1.82) is 0 Å². The van der Waals surface area contributed by atoms with E-state index < -0.39 is 0 Å². The Bertz CT molecular complexity index is 2710. The highest BCUT2D eigenvalue weighted by molar-refractivity contribution is 6.27. The van der Waals surface area contributed by atoms with Gasteiger partial charge in [-0.1, -0.05) is 127 Å². The van der Waals surface area contributed by atoms with Crippen LogP contribution < -0.4 is 4.90 Å². The molecular formula is C45H29N3. The Hall–Kier alpha value is -6.45. The van der Waals surface area contributed by atoms with Crippen LogP contribution in [-0.4, -0.2) is 9.38 Å². The van der Waals surface area contributed by atoms with Gasteiger partial charge in [-0.15, -0.1) is 0 Å². The summed E-state index contributed by atoms with van der Waals surface area (Å²) in [7, 11) is 0. The van der Waals surface area contributed by atoms with Crippen LogP contribution in [-0.2, 0) is 0 Å². The fraction of sp³-hybridized carbons (Fsp3) is 0. The summed E-state index contributed by atoms with van der Waals surface area (Å²) in [6.07, 6.45) is 0. The molecule has 48 heavy (non-hydrogen) atoms. The third-order valence-electron chi connectivity index (χ3n) is 9.71. The van der Waals surface area contributed by atoms with Crippen molar-refractivity contribution >= 4 is 66.2 Å². The normalized spacial score (nSPS) is 11.8. The van der Waals surface area contributed by atoms with E-state index in [0.29, 0.717) is 0 Å². The van der Waals surface area contributed by atoms with E-state index in [-0.39, 0.29) is 0 Å². The summed E-state index contributed by atoms with van der Waals surface area (Å²) < 4.78 is 2.37. The molecule has 0 unspecified atom stereocenters. The predicted octanol–water partition coefficient (Wildman–Crippen LogP) is 12.2. The zero-order chi connectivity index (χ0) is 31.6. The van der Waals surface area contributed by atoms with Crippen LogP contribution >= 0.6 is 0 Å². The molecule has 10 aromatic rings. The molecule has 7 aromatic carbocycles. The quantitative estimate of drug-likeness (QED) is 0.193. The van der Waals surface area contributed by atoms with Crippen molar-refractivity contribution in [2.75, 3.05) is 4.90 Å². The molecule has 0 aliphatic carbocycles. The number of hydrogen-bond donors (Lipinski definition) is 0. The zero-order valence-electron chi connectivity index (χ0n) is 26.1. The van der Waals surface area contributed by atoms with Crippen molar-refractivity contribution in [3.8, 4) is 22.3 Å². The van der Waals surface area contributed by atoms with Gasteiger partial charge in [-0.3, -0.25) is 4.40 Å². The lowest BCUT2D eigenvalue weighted by molar-refractivity contribution is 1.28. The average molecular weight is 612 g/mol. The maximum Gasteiger partial charge on any atom is 0.146 e. The second-order valence-electron chi connectivity index (χ2n) is 12.4. The van der Waals surface area contributed by atoms with Gasteiger partial charge in [-0.25, -0.2) is 4.98 Å². The van der Waals surface area contributed by atoms with Crippen molar-refractivity contribution in [2.24, 2.45) is 0 Å². The molecule has 3 aromatic heterocycles. The second kappa shape index (κ2) is 10.5. The first-order chi connectivity index (χ1) is 23.8. The Balaban J connectivity index is 1.10. The van der Waals surface area contributed by atoms with E-state index in [2.05, 4.69) is 185 Å². The second-order valence-corrected chi connectivity index (χ2v) is 12.4. The molecule has 0 amide bonds. The minimum Gasteiger partial charge on any atom is -0.311 e. The van der Waals surface area contributed by atoms with Gasteiger partial charge in [-0.05, 0) is 65.2 Å². The number of anilines is 3. The van der Waals surface area contributed by atoms with Crippen molar-refractivity contribution in [3.05, 3.63) is 176 Å². The Morgan fingerprint density at radius 1 is 0.396 bits per heavy atom. The Labute approximate surface area is 277 Å². The largest absolute Gasteiger partial charge is 0.311 e. The molecule has 0 saturated carbocycles. The predicted molar refractivity (Wildman–Crippen MR) is 202 cm³/mol. The number of hydrogen-bond acceptors (Lipinski definition) is 2. The maximum absolute atomic E-state index is 5.29. The highest BCUT2D eigenvalue weighted by Gasteiger charge is 2.22. The molecule has 3 heteroatoms. The number of para-hydroxylation sites is 5. The minimum atomic E-state index is 1.01. The molecule has 0 spiro atoms. The number of aromatic nitrogens is 2. The summed E-state index contributed by atoms with van der Waals surface area (Å²) in [5.74, 6) is 0. The smallest absolute Gasteiger partial charge is 0.146 e. The van der Waals surface area contributed by atoms with Crippen LogP contribution in [0, 0.1) is 0 Å². The molecular weight excluding hydrogens is 583 g/mol. The molecule has 0 atom stereocenters. The van der Waals surface area contributed by atoms with Gasteiger partial charge in [0.25, 0.3) is 0 Å². The lowest BCUT2D eigenvalue weighted by Crippen LogP contribution is -2.09. The van der Waals surface area contributed by atoms with Crippen molar-refractivity contribution in [2.45, 2.75) is 0 Å². The van der Waals surface area contributed by atoms with E-state index in [1.54, 1.807) is 0 Å². The standard InChI is InChI=1S/C45H29N3/c1-3-12-33(13-4-1)47(34-14-5-2-6-15-34)35-28-26-31(27-29-35)30-22-24-32(25-23-30)42-38-17-7-9-20-40(38)46-45-43(42)39-19-11-18-37-36-16-8-10-21-41(36)48(45)44(37)39/h1-29H. The highest BCUT2D eigenvalue weighted by atomic mass is 15.1. The van der Waals surface area contributed by atoms with Crippen LogP contribution in [0.3, 0.4) is 0 Å². The first-order valence-corrected chi connectivity index (χ1v) is 16.4. The molecule has 0 fully saturated rings. The molecule has 0 radical (unpaired) electrons. The number of fused-ring (bicyclic) bond motifs is 7. The summed E-state index contributed by atoms with van der Waals surface area (Å²) in [4.78, 5) is 7.59. The summed E-state index contributed by atoms with van der Waals surface area (Å²) >= 11 is 0. The van der Waals surface area contributed by atoms with Gasteiger partial charge in [0.05, 0.1) is 16.6 Å². The van der Waals surface area contributed by atoms with Crippen LogP contribution in [0.4, 0.5) is 17.1 Å².